The maximum atomic E-state index is 12.1. The summed E-state index contributed by atoms with van der Waals surface area (Å²) in [5.41, 5.74) is 0.258. The molecule has 30 heavy (non-hydrogen) atoms. The largest absolute Gasteiger partial charge is 0.497 e. The van der Waals surface area contributed by atoms with Crippen LogP contribution in [0.5, 0.6) is 11.5 Å². The van der Waals surface area contributed by atoms with Gasteiger partial charge in [-0.15, -0.1) is 0 Å². The van der Waals surface area contributed by atoms with Crippen LogP contribution < -0.4 is 14.8 Å². The van der Waals surface area contributed by atoms with Gasteiger partial charge >= 0.3 is 0 Å². The first kappa shape index (κ1) is 21.5. The summed E-state index contributed by atoms with van der Waals surface area (Å²) in [6.45, 7) is 3.24. The van der Waals surface area contributed by atoms with Gasteiger partial charge in [-0.05, 0) is 62.4 Å². The lowest BCUT2D eigenvalue weighted by Gasteiger charge is -2.41. The van der Waals surface area contributed by atoms with Crippen molar-refractivity contribution in [3.8, 4) is 11.5 Å². The first-order valence-corrected chi connectivity index (χ1v) is 9.60. The number of hydrogen-bond acceptors (Lipinski definition) is 6. The molecule has 1 aliphatic heterocycles. The van der Waals surface area contributed by atoms with Crippen molar-refractivity contribution in [2.45, 2.75) is 38.0 Å². The highest BCUT2D eigenvalue weighted by Crippen LogP contribution is 2.43. The monoisotopic (exact) mass is 416 g/mol. The molecule has 1 fully saturated rings. The van der Waals surface area contributed by atoms with Gasteiger partial charge in [0.2, 0.25) is 0 Å². The Kier molecular flexibility index (Phi) is 5.93. The molecule has 0 amide bonds. The van der Waals surface area contributed by atoms with Gasteiger partial charge < -0.3 is 14.8 Å². The lowest BCUT2D eigenvalue weighted by atomic mass is 9.66. The number of hydrogen-bond donors (Lipinski definition) is 1. The van der Waals surface area contributed by atoms with Crippen LogP contribution in [0, 0.1) is 25.6 Å². The molecule has 0 bridgehead atoms. The van der Waals surface area contributed by atoms with Crippen LogP contribution in [0.1, 0.15) is 37.1 Å². The van der Waals surface area contributed by atoms with Gasteiger partial charge in [-0.3, -0.25) is 20.2 Å². The third-order valence-corrected chi connectivity index (χ3v) is 6.08. The molecule has 0 aliphatic carbocycles. The summed E-state index contributed by atoms with van der Waals surface area (Å²) in [6, 6.07) is 10.6. The summed E-state index contributed by atoms with van der Waals surface area (Å²) >= 11 is 0. The van der Waals surface area contributed by atoms with Crippen molar-refractivity contribution in [1.82, 2.24) is 0 Å². The standard InChI is InChI=1S/C21H25N3O6/c1-21(2)19(23(25)26)17(13-5-9-15(29-3)10-6-13)22-18(20(21)24(27)28)14-7-11-16(30-4)12-8-14/h5-12,17-20,22H,1-4H3/p+1/t17-,18-,19+,20+/m1/s1. The van der Waals surface area contributed by atoms with E-state index in [0.717, 1.165) is 11.1 Å². The van der Waals surface area contributed by atoms with Gasteiger partial charge in [-0.1, -0.05) is 0 Å². The number of nitro groups is 2. The molecule has 0 unspecified atom stereocenters. The average molecular weight is 416 g/mol. The fourth-order valence-electron chi connectivity index (χ4n) is 4.58. The van der Waals surface area contributed by atoms with Crippen molar-refractivity contribution in [3.63, 3.8) is 0 Å². The Hall–Kier alpha value is -3.20. The summed E-state index contributed by atoms with van der Waals surface area (Å²) < 4.78 is 10.4. The van der Waals surface area contributed by atoms with Crippen molar-refractivity contribution >= 4 is 0 Å². The van der Waals surface area contributed by atoms with E-state index in [1.54, 1.807) is 81.9 Å². The molecule has 9 nitrogen and oxygen atoms in total. The maximum absolute atomic E-state index is 12.1. The van der Waals surface area contributed by atoms with Crippen molar-refractivity contribution in [2.24, 2.45) is 5.41 Å². The third kappa shape index (κ3) is 3.80. The molecule has 2 N–H and O–H groups in total. The van der Waals surface area contributed by atoms with Crippen molar-refractivity contribution in [3.05, 3.63) is 79.9 Å². The average Bonchev–Trinajstić information content (AvgIpc) is 2.71. The Morgan fingerprint density at radius 1 is 0.767 bits per heavy atom. The smallest absolute Gasteiger partial charge is 0.279 e. The van der Waals surface area contributed by atoms with E-state index in [4.69, 9.17) is 9.47 Å². The molecule has 0 saturated carbocycles. The van der Waals surface area contributed by atoms with Gasteiger partial charge in [0.1, 0.15) is 16.9 Å². The molecule has 160 valence electrons. The number of nitrogens with two attached hydrogens (primary N) is 1. The lowest BCUT2D eigenvalue weighted by molar-refractivity contribution is -0.818. The van der Waals surface area contributed by atoms with Crippen molar-refractivity contribution in [1.29, 1.82) is 0 Å². The highest BCUT2D eigenvalue weighted by Gasteiger charge is 2.65. The number of ether oxygens (including phenoxy) is 2. The SMILES string of the molecule is COc1ccc([C@H]2[NH2+][C@H](c3ccc(OC)cc3)[C@H]([N+](=O)[O-])C(C)(C)[C@H]2[N+](=O)[O-])cc1. The topological polar surface area (TPSA) is 121 Å². The fraction of sp³-hybridized carbons (Fsp3) is 0.429. The molecule has 1 heterocycles. The number of methoxy groups -OCH3 is 2. The molecule has 3 rings (SSSR count). The number of rotatable bonds is 6. The van der Waals surface area contributed by atoms with E-state index in [0.29, 0.717) is 11.5 Å². The predicted molar refractivity (Wildman–Crippen MR) is 109 cm³/mol. The van der Waals surface area contributed by atoms with Gasteiger partial charge in [-0.25, -0.2) is 0 Å². The van der Waals surface area contributed by atoms with Crippen molar-refractivity contribution < 1.29 is 24.6 Å². The summed E-state index contributed by atoms with van der Waals surface area (Å²) in [6.07, 6.45) is 0. The second-order valence-electron chi connectivity index (χ2n) is 8.07. The second-order valence-corrected chi connectivity index (χ2v) is 8.07. The predicted octanol–water partition coefficient (Wildman–Crippen LogP) is 2.38. The Morgan fingerprint density at radius 2 is 1.10 bits per heavy atom. The Balaban J connectivity index is 2.11. The third-order valence-electron chi connectivity index (χ3n) is 6.08. The number of piperidine rings is 1. The Morgan fingerprint density at radius 3 is 1.37 bits per heavy atom. The zero-order chi connectivity index (χ0) is 22.1. The summed E-state index contributed by atoms with van der Waals surface area (Å²) in [4.78, 5) is 23.4. The molecule has 0 spiro atoms. The number of nitrogens with zero attached hydrogens (tertiary/aromatic N) is 2. The molecule has 1 saturated heterocycles. The van der Waals surface area contributed by atoms with E-state index >= 15 is 0 Å². The molecule has 2 aromatic carbocycles. The van der Waals surface area contributed by atoms with E-state index < -0.39 is 29.6 Å². The molecular formula is C21H26N3O6+. The zero-order valence-electron chi connectivity index (χ0n) is 17.3. The van der Waals surface area contributed by atoms with E-state index in [9.17, 15) is 20.2 Å². The van der Waals surface area contributed by atoms with E-state index in [-0.39, 0.29) is 9.85 Å². The molecule has 9 heteroatoms. The van der Waals surface area contributed by atoms with Gasteiger partial charge in [0, 0.05) is 21.0 Å². The molecule has 0 aromatic heterocycles. The maximum Gasteiger partial charge on any atom is 0.279 e. The number of benzene rings is 2. The highest BCUT2D eigenvalue weighted by molar-refractivity contribution is 5.32. The normalized spacial score (nSPS) is 25.3. The first-order valence-electron chi connectivity index (χ1n) is 9.60. The zero-order valence-corrected chi connectivity index (χ0v) is 17.3. The quantitative estimate of drug-likeness (QED) is 0.570. The minimum absolute atomic E-state index is 0.383. The minimum atomic E-state index is -1.20. The van der Waals surface area contributed by atoms with Crippen LogP contribution >= 0.6 is 0 Å². The highest BCUT2D eigenvalue weighted by atomic mass is 16.6. The van der Waals surface area contributed by atoms with Crippen LogP contribution in [-0.4, -0.2) is 36.1 Å². The van der Waals surface area contributed by atoms with Gasteiger partial charge in [-0.2, -0.15) is 0 Å². The van der Waals surface area contributed by atoms with Crippen LogP contribution in [-0.2, 0) is 0 Å². The van der Waals surface area contributed by atoms with Gasteiger partial charge in [0.15, 0.2) is 12.1 Å². The number of quaternary nitrogens is 1. The van der Waals surface area contributed by atoms with E-state index in [1.807, 2.05) is 0 Å². The minimum Gasteiger partial charge on any atom is -0.497 e. The van der Waals surface area contributed by atoms with Crippen molar-refractivity contribution in [2.75, 3.05) is 14.2 Å². The summed E-state index contributed by atoms with van der Waals surface area (Å²) in [5, 5.41) is 25.9. The first-order chi connectivity index (χ1) is 14.2. The fourth-order valence-corrected chi connectivity index (χ4v) is 4.58. The Labute approximate surface area is 174 Å². The van der Waals surface area contributed by atoms with Crippen LogP contribution in [0.3, 0.4) is 0 Å². The Bertz CT molecular complexity index is 840. The van der Waals surface area contributed by atoms with Gasteiger partial charge in [0.05, 0.1) is 14.2 Å². The van der Waals surface area contributed by atoms with Crippen LogP contribution in [0.2, 0.25) is 0 Å². The van der Waals surface area contributed by atoms with E-state index in [1.165, 1.54) is 0 Å². The molecule has 1 aliphatic rings. The van der Waals surface area contributed by atoms with Crippen LogP contribution in [0.4, 0.5) is 0 Å². The van der Waals surface area contributed by atoms with Gasteiger partial charge in [0.25, 0.3) is 12.1 Å². The molecular weight excluding hydrogens is 390 g/mol. The van der Waals surface area contributed by atoms with E-state index in [2.05, 4.69) is 0 Å². The lowest BCUT2D eigenvalue weighted by Crippen LogP contribution is -2.96. The summed E-state index contributed by atoms with van der Waals surface area (Å²) in [5.74, 6) is 1.28. The van der Waals surface area contributed by atoms with Crippen LogP contribution in [0.15, 0.2) is 48.5 Å². The molecule has 2 aromatic rings. The summed E-state index contributed by atoms with van der Waals surface area (Å²) in [7, 11) is 3.10. The molecule has 4 atom stereocenters. The second kappa shape index (κ2) is 8.27. The molecule has 0 radical (unpaired) electrons. The van der Waals surface area contributed by atoms with Crippen LogP contribution in [0.25, 0.3) is 0 Å².